The molecule has 2 saturated heterocycles. The summed E-state index contributed by atoms with van der Waals surface area (Å²) >= 11 is 0. The summed E-state index contributed by atoms with van der Waals surface area (Å²) < 4.78 is 5.40. The van der Waals surface area contributed by atoms with Crippen molar-refractivity contribution in [2.45, 2.75) is 63.3 Å². The van der Waals surface area contributed by atoms with E-state index in [0.717, 1.165) is 0 Å². The molecule has 4 rings (SSSR count). The van der Waals surface area contributed by atoms with Crippen molar-refractivity contribution in [3.63, 3.8) is 0 Å². The second-order valence-corrected chi connectivity index (χ2v) is 10.9. The average molecular weight is 618 g/mol. The van der Waals surface area contributed by atoms with Gasteiger partial charge in [0, 0.05) is 26.1 Å². The van der Waals surface area contributed by atoms with Gasteiger partial charge < -0.3 is 25.4 Å². The lowest BCUT2D eigenvalue weighted by Crippen LogP contribution is -2.54. The Morgan fingerprint density at radius 3 is 2.66 bits per heavy atom. The third-order valence-corrected chi connectivity index (χ3v) is 8.05. The molecular weight excluding hydrogens is 578 g/mol. The number of para-hydroxylation sites is 1. The van der Waals surface area contributed by atoms with Crippen LogP contribution in [0.5, 0.6) is 5.75 Å². The van der Waals surface area contributed by atoms with E-state index in [4.69, 9.17) is 4.74 Å². The molecule has 3 aliphatic heterocycles. The molecule has 5 N–H and O–H groups in total. The maximum absolute atomic E-state index is 13.1. The Morgan fingerprint density at radius 2 is 1.91 bits per heavy atom. The molecule has 0 unspecified atom stereocenters. The molecule has 3 aliphatic rings. The van der Waals surface area contributed by atoms with Crippen molar-refractivity contribution in [2.24, 2.45) is 4.99 Å². The quantitative estimate of drug-likeness (QED) is 0.143. The topological polar surface area (TPSA) is 205 Å². The Bertz CT molecular complexity index is 1290. The Morgan fingerprint density at radius 1 is 1.16 bits per heavy atom. The zero-order valence-corrected chi connectivity index (χ0v) is 24.7. The molecule has 0 aromatic heterocycles. The fourth-order valence-electron chi connectivity index (χ4n) is 5.48. The largest absolute Gasteiger partial charge is 0.507 e. The number of ether oxygens (including phenoxy) is 1. The molecule has 16 heteroatoms. The van der Waals surface area contributed by atoms with Gasteiger partial charge in [0.25, 0.3) is 5.91 Å². The van der Waals surface area contributed by atoms with Crippen molar-refractivity contribution >= 4 is 35.4 Å². The predicted octanol–water partition coefficient (Wildman–Crippen LogP) is -0.973. The van der Waals surface area contributed by atoms with Gasteiger partial charge in [-0.05, 0) is 51.8 Å². The van der Waals surface area contributed by atoms with Gasteiger partial charge in [-0.1, -0.05) is 12.1 Å². The number of carbonyl (C=O) groups excluding carboxylic acids is 5. The molecule has 44 heavy (non-hydrogen) atoms. The molecule has 0 bridgehead atoms. The molecule has 240 valence electrons. The minimum Gasteiger partial charge on any atom is -0.507 e. The van der Waals surface area contributed by atoms with Crippen molar-refractivity contribution < 1.29 is 44.2 Å². The molecule has 1 aromatic carbocycles. The zero-order chi connectivity index (χ0) is 32.0. The molecular formula is C28H39N7O9. The summed E-state index contributed by atoms with van der Waals surface area (Å²) in [7, 11) is 1.77. The van der Waals surface area contributed by atoms with E-state index >= 15 is 0 Å². The number of aromatic hydroxyl groups is 1. The summed E-state index contributed by atoms with van der Waals surface area (Å²) in [6.07, 6.45) is 1.17. The maximum Gasteiger partial charge on any atom is 0.268 e. The number of carbonyl (C=O) groups is 5. The number of benzene rings is 1. The molecule has 0 radical (unpaired) electrons. The number of hydrogen-bond acceptors (Lipinski definition) is 11. The first-order valence-corrected chi connectivity index (χ1v) is 14.6. The molecule has 0 spiro atoms. The Hall–Kier alpha value is -4.28. The van der Waals surface area contributed by atoms with E-state index in [9.17, 15) is 39.5 Å². The van der Waals surface area contributed by atoms with Crippen LogP contribution < -0.4 is 10.6 Å². The highest BCUT2D eigenvalue weighted by Crippen LogP contribution is 2.29. The maximum atomic E-state index is 13.1. The van der Waals surface area contributed by atoms with Crippen LogP contribution in [0.3, 0.4) is 0 Å². The molecule has 5 amide bonds. The Labute approximate surface area is 254 Å². The lowest BCUT2D eigenvalue weighted by Gasteiger charge is -2.36. The molecule has 1 aromatic rings. The van der Waals surface area contributed by atoms with E-state index in [0.29, 0.717) is 41.4 Å². The van der Waals surface area contributed by atoms with E-state index in [1.165, 1.54) is 11.0 Å². The first-order valence-electron chi connectivity index (χ1n) is 14.6. The average Bonchev–Trinajstić information content (AvgIpc) is 3.57. The fraction of sp³-hybridized carbons (Fsp3) is 0.571. The first kappa shape index (κ1) is 32.6. The summed E-state index contributed by atoms with van der Waals surface area (Å²) in [5.74, 6) is -2.33. The summed E-state index contributed by atoms with van der Waals surface area (Å²) in [5.41, 5.74) is 0.358. The van der Waals surface area contributed by atoms with Crippen LogP contribution in [0.15, 0.2) is 29.3 Å². The number of nitrogens with zero attached hydrogens (tertiary/aromatic N) is 5. The smallest absolute Gasteiger partial charge is 0.268 e. The number of phenols is 1. The number of nitrogens with one attached hydrogen (secondary N) is 2. The standard InChI is InChI=1S/C28H39N7O9/c1-17-32(2)20(28(41)35(17)21-9-6-14-34(43)27(21)40)8-5-13-33(42)24(38)11-12-29-23(37)15-30-25(39)19-16-44-26(31-19)18-7-3-4-10-22(18)36/h3-4,7,10,17,19-21,36,42-43H,5-6,8-9,11-16H2,1-2H3,(H,29,37)(H,30,39)/t17-,19+,20-,21-/m1/s1. The molecule has 0 saturated carbocycles. The molecule has 3 heterocycles. The van der Waals surface area contributed by atoms with E-state index in [-0.39, 0.29) is 62.9 Å². The monoisotopic (exact) mass is 617 g/mol. The number of phenolic OH excluding ortho intramolecular Hbond substituents is 1. The number of amides is 5. The number of piperidine rings is 1. The highest BCUT2D eigenvalue weighted by molar-refractivity contribution is 6.00. The summed E-state index contributed by atoms with van der Waals surface area (Å²) in [6.45, 7) is 1.56. The van der Waals surface area contributed by atoms with Gasteiger partial charge >= 0.3 is 0 Å². The zero-order valence-electron chi connectivity index (χ0n) is 24.7. The van der Waals surface area contributed by atoms with Gasteiger partial charge in [-0.3, -0.25) is 39.3 Å². The van der Waals surface area contributed by atoms with E-state index < -0.39 is 41.8 Å². The van der Waals surface area contributed by atoms with Gasteiger partial charge in [0.05, 0.1) is 24.3 Å². The van der Waals surface area contributed by atoms with Crippen LogP contribution >= 0.6 is 0 Å². The predicted molar refractivity (Wildman–Crippen MR) is 152 cm³/mol. The highest BCUT2D eigenvalue weighted by atomic mass is 16.5. The summed E-state index contributed by atoms with van der Waals surface area (Å²) in [6, 6.07) is 4.27. The van der Waals surface area contributed by atoms with Crippen LogP contribution in [0.25, 0.3) is 0 Å². The third kappa shape index (κ3) is 7.43. The van der Waals surface area contributed by atoms with Crippen LogP contribution in [0.2, 0.25) is 0 Å². The van der Waals surface area contributed by atoms with Gasteiger partial charge in [0.2, 0.25) is 29.5 Å². The minimum atomic E-state index is -0.881. The number of hydrogen-bond donors (Lipinski definition) is 5. The van der Waals surface area contributed by atoms with Gasteiger partial charge in [-0.2, -0.15) is 0 Å². The van der Waals surface area contributed by atoms with Crippen LogP contribution in [0.1, 0.15) is 44.6 Å². The molecule has 2 fully saturated rings. The second kappa shape index (κ2) is 14.5. The van der Waals surface area contributed by atoms with E-state index in [1.807, 2.05) is 11.8 Å². The molecule has 16 nitrogen and oxygen atoms in total. The van der Waals surface area contributed by atoms with Gasteiger partial charge in [0.15, 0.2) is 6.04 Å². The van der Waals surface area contributed by atoms with Crippen LogP contribution in [-0.4, -0.2) is 135 Å². The van der Waals surface area contributed by atoms with Gasteiger partial charge in [-0.15, -0.1) is 0 Å². The highest BCUT2D eigenvalue weighted by Gasteiger charge is 2.47. The van der Waals surface area contributed by atoms with E-state index in [1.54, 1.807) is 25.2 Å². The lowest BCUT2D eigenvalue weighted by atomic mass is 10.0. The first-order chi connectivity index (χ1) is 21.0. The van der Waals surface area contributed by atoms with Crippen molar-refractivity contribution in [3.05, 3.63) is 29.8 Å². The summed E-state index contributed by atoms with van der Waals surface area (Å²) in [5, 5.41) is 36.0. The number of likely N-dealkylation sites (N-methyl/N-ethyl adjacent to an activating group) is 1. The van der Waals surface area contributed by atoms with E-state index in [2.05, 4.69) is 15.6 Å². The Kier molecular flexibility index (Phi) is 10.7. The normalized spacial score (nSPS) is 23.8. The second-order valence-electron chi connectivity index (χ2n) is 10.9. The van der Waals surface area contributed by atoms with Gasteiger partial charge in [0.1, 0.15) is 18.4 Å². The van der Waals surface area contributed by atoms with Crippen molar-refractivity contribution in [1.82, 2.24) is 30.6 Å². The molecule has 0 aliphatic carbocycles. The van der Waals surface area contributed by atoms with Crippen LogP contribution in [0, 0.1) is 0 Å². The van der Waals surface area contributed by atoms with Crippen LogP contribution in [-0.2, 0) is 28.7 Å². The Balaban J connectivity index is 1.13. The lowest BCUT2D eigenvalue weighted by molar-refractivity contribution is -0.180. The minimum absolute atomic E-state index is 0.0328. The summed E-state index contributed by atoms with van der Waals surface area (Å²) in [4.78, 5) is 69.9. The van der Waals surface area contributed by atoms with Crippen molar-refractivity contribution in [2.75, 3.05) is 39.8 Å². The SMILES string of the molecule is C[C@@H]1N(C)[C@H](CCCN(O)C(=O)CCNC(=O)CNC(=O)[C@@H]2COC(c3ccccc3O)=N2)C(=O)N1[C@@H]1CCCN(O)C1=O. The number of aliphatic imine (C=N–C) groups is 1. The van der Waals surface area contributed by atoms with Crippen molar-refractivity contribution in [3.8, 4) is 5.75 Å². The van der Waals surface area contributed by atoms with Crippen molar-refractivity contribution in [1.29, 1.82) is 0 Å². The fourth-order valence-corrected chi connectivity index (χ4v) is 5.48. The van der Waals surface area contributed by atoms with Gasteiger partial charge in [-0.25, -0.2) is 15.1 Å². The molecule has 4 atom stereocenters. The number of hydroxylamine groups is 4. The van der Waals surface area contributed by atoms with Crippen LogP contribution in [0.4, 0.5) is 0 Å². The third-order valence-electron chi connectivity index (χ3n) is 8.05. The number of rotatable bonds is 12.